The van der Waals surface area contributed by atoms with Crippen LogP contribution in [0.1, 0.15) is 25.3 Å². The van der Waals surface area contributed by atoms with Crippen LogP contribution in [0.15, 0.2) is 40.3 Å². The molecule has 1 aromatic carbocycles. The number of aromatic nitrogens is 2. The van der Waals surface area contributed by atoms with E-state index < -0.39 is 9.84 Å². The van der Waals surface area contributed by atoms with Gasteiger partial charge in [-0.05, 0) is 30.7 Å². The maximum absolute atomic E-state index is 12.9. The lowest BCUT2D eigenvalue weighted by atomic mass is 10.0. The molecule has 1 fully saturated rings. The van der Waals surface area contributed by atoms with Crippen LogP contribution < -0.4 is 10.6 Å². The Morgan fingerprint density at radius 3 is 2.23 bits per heavy atom. The first-order valence-electron chi connectivity index (χ1n) is 8.70. The fraction of sp³-hybridized carbons (Fsp3) is 0.444. The van der Waals surface area contributed by atoms with Crippen LogP contribution in [0.4, 0.5) is 11.8 Å². The van der Waals surface area contributed by atoms with Crippen molar-refractivity contribution in [1.82, 2.24) is 14.9 Å². The molecule has 2 heterocycles. The molecule has 8 heteroatoms. The van der Waals surface area contributed by atoms with Crippen LogP contribution >= 0.6 is 0 Å². The second kappa shape index (κ2) is 7.20. The highest BCUT2D eigenvalue weighted by molar-refractivity contribution is 7.91. The molecule has 1 aliphatic heterocycles. The predicted molar refractivity (Wildman–Crippen MR) is 102 cm³/mol. The molecule has 3 rings (SSSR count). The van der Waals surface area contributed by atoms with E-state index in [4.69, 9.17) is 5.73 Å². The summed E-state index contributed by atoms with van der Waals surface area (Å²) in [6, 6.07) is 6.87. The van der Waals surface area contributed by atoms with Gasteiger partial charge in [-0.25, -0.2) is 13.4 Å². The highest BCUT2D eigenvalue weighted by atomic mass is 32.2. The summed E-state index contributed by atoms with van der Waals surface area (Å²) >= 11 is 0. The molecule has 140 valence electrons. The lowest BCUT2D eigenvalue weighted by Gasteiger charge is -2.32. The Hall–Kier alpha value is -2.19. The summed E-state index contributed by atoms with van der Waals surface area (Å²) < 4.78 is 25.8. The summed E-state index contributed by atoms with van der Waals surface area (Å²) in [5, 5.41) is 0. The number of nitrogen functional groups attached to an aromatic ring is 1. The zero-order chi connectivity index (χ0) is 18.9. The van der Waals surface area contributed by atoms with Gasteiger partial charge in [0.05, 0.1) is 11.1 Å². The Labute approximate surface area is 154 Å². The topological polar surface area (TPSA) is 92.4 Å². The van der Waals surface area contributed by atoms with Gasteiger partial charge in [0.15, 0.2) is 0 Å². The van der Waals surface area contributed by atoms with Crippen LogP contribution in [0.3, 0.4) is 0 Å². The third-order valence-electron chi connectivity index (χ3n) is 4.70. The molecule has 7 nitrogen and oxygen atoms in total. The molecule has 1 aromatic heterocycles. The number of rotatable bonds is 4. The average Bonchev–Trinajstić information content (AvgIpc) is 2.62. The van der Waals surface area contributed by atoms with E-state index in [1.165, 1.54) is 6.20 Å². The summed E-state index contributed by atoms with van der Waals surface area (Å²) in [6.45, 7) is 7.52. The van der Waals surface area contributed by atoms with Gasteiger partial charge < -0.3 is 15.5 Å². The number of hydrogen-bond acceptors (Lipinski definition) is 7. The van der Waals surface area contributed by atoms with Crippen LogP contribution in [0, 0.1) is 0 Å². The third-order valence-corrected chi connectivity index (χ3v) is 6.49. The van der Waals surface area contributed by atoms with Gasteiger partial charge >= 0.3 is 0 Å². The van der Waals surface area contributed by atoms with Gasteiger partial charge in [0, 0.05) is 26.2 Å². The van der Waals surface area contributed by atoms with E-state index in [-0.39, 0.29) is 15.6 Å². The zero-order valence-electron chi connectivity index (χ0n) is 15.4. The Bertz CT molecular complexity index is 873. The smallest absolute Gasteiger partial charge is 0.227 e. The number of likely N-dealkylation sites (N-methyl/N-ethyl adjacent to an activating group) is 1. The van der Waals surface area contributed by atoms with Crippen molar-refractivity contribution in [2.24, 2.45) is 0 Å². The normalized spacial score (nSPS) is 16.2. The maximum atomic E-state index is 12.9. The summed E-state index contributed by atoms with van der Waals surface area (Å²) in [7, 11) is -1.68. The molecule has 0 aliphatic carbocycles. The van der Waals surface area contributed by atoms with Crippen LogP contribution in [0.2, 0.25) is 0 Å². The molecular formula is C18H25N5O2S. The van der Waals surface area contributed by atoms with E-state index in [1.807, 2.05) is 17.0 Å². The van der Waals surface area contributed by atoms with Crippen molar-refractivity contribution in [1.29, 1.82) is 0 Å². The molecule has 0 atom stereocenters. The number of sulfone groups is 1. The minimum absolute atomic E-state index is 0.0122. The van der Waals surface area contributed by atoms with Crippen LogP contribution in [0.25, 0.3) is 0 Å². The number of anilines is 2. The van der Waals surface area contributed by atoms with Gasteiger partial charge in [-0.2, -0.15) is 4.98 Å². The highest BCUT2D eigenvalue weighted by Gasteiger charge is 2.24. The molecule has 26 heavy (non-hydrogen) atoms. The summed E-state index contributed by atoms with van der Waals surface area (Å²) in [6.07, 6.45) is 1.32. The minimum Gasteiger partial charge on any atom is -0.382 e. The quantitative estimate of drug-likeness (QED) is 0.870. The van der Waals surface area contributed by atoms with E-state index in [2.05, 4.69) is 35.8 Å². The van der Waals surface area contributed by atoms with Gasteiger partial charge in [0.2, 0.25) is 15.8 Å². The Morgan fingerprint density at radius 1 is 1.08 bits per heavy atom. The lowest BCUT2D eigenvalue weighted by Crippen LogP contribution is -2.45. The van der Waals surface area contributed by atoms with Gasteiger partial charge in [-0.1, -0.05) is 26.0 Å². The molecule has 0 spiro atoms. The minimum atomic E-state index is -3.75. The van der Waals surface area contributed by atoms with E-state index >= 15 is 0 Å². The number of hydrogen-bond donors (Lipinski definition) is 1. The second-order valence-electron chi connectivity index (χ2n) is 6.94. The number of nitrogens with zero attached hydrogens (tertiary/aromatic N) is 4. The van der Waals surface area contributed by atoms with Gasteiger partial charge in [0.25, 0.3) is 0 Å². The largest absolute Gasteiger partial charge is 0.382 e. The number of piperazine rings is 1. The molecule has 2 aromatic rings. The van der Waals surface area contributed by atoms with Crippen molar-refractivity contribution in [3.8, 4) is 0 Å². The number of nitrogens with two attached hydrogens (primary N) is 1. The van der Waals surface area contributed by atoms with Gasteiger partial charge in [0.1, 0.15) is 10.7 Å². The summed E-state index contributed by atoms with van der Waals surface area (Å²) in [5.41, 5.74) is 7.07. The van der Waals surface area contributed by atoms with Crippen LogP contribution in [-0.4, -0.2) is 56.5 Å². The SMILES string of the molecule is CC(C)c1ccc(S(=O)(=O)c2cnc(N3CCN(C)CC3)nc2N)cc1. The second-order valence-corrected chi connectivity index (χ2v) is 8.86. The first kappa shape index (κ1) is 18.6. The molecule has 0 unspecified atom stereocenters. The lowest BCUT2D eigenvalue weighted by molar-refractivity contribution is 0.311. The molecule has 0 radical (unpaired) electrons. The third kappa shape index (κ3) is 3.66. The molecule has 2 N–H and O–H groups in total. The van der Waals surface area contributed by atoms with Crippen molar-refractivity contribution in [2.45, 2.75) is 29.6 Å². The number of benzene rings is 1. The van der Waals surface area contributed by atoms with Crippen molar-refractivity contribution in [3.05, 3.63) is 36.0 Å². The summed E-state index contributed by atoms with van der Waals surface area (Å²) in [5.74, 6) is 0.801. The van der Waals surface area contributed by atoms with E-state index in [9.17, 15) is 8.42 Å². The van der Waals surface area contributed by atoms with Crippen molar-refractivity contribution >= 4 is 21.6 Å². The first-order chi connectivity index (χ1) is 12.3. The molecular weight excluding hydrogens is 350 g/mol. The van der Waals surface area contributed by atoms with E-state index in [0.717, 1.165) is 31.7 Å². The molecule has 1 aliphatic rings. The molecule has 1 saturated heterocycles. The van der Waals surface area contributed by atoms with Crippen molar-refractivity contribution in [2.75, 3.05) is 43.9 Å². The highest BCUT2D eigenvalue weighted by Crippen LogP contribution is 2.27. The van der Waals surface area contributed by atoms with Crippen molar-refractivity contribution in [3.63, 3.8) is 0 Å². The standard InChI is InChI=1S/C18H25N5O2S/c1-13(2)14-4-6-15(7-5-14)26(24,25)16-12-20-18(21-17(16)19)23-10-8-22(3)9-11-23/h4-7,12-13H,8-11H2,1-3H3,(H2,19,20,21). The molecule has 0 amide bonds. The molecule has 0 saturated carbocycles. The van der Waals surface area contributed by atoms with Crippen LogP contribution in [0.5, 0.6) is 0 Å². The van der Waals surface area contributed by atoms with E-state index in [1.54, 1.807) is 12.1 Å². The van der Waals surface area contributed by atoms with E-state index in [0.29, 0.717) is 11.9 Å². The maximum Gasteiger partial charge on any atom is 0.227 e. The Kier molecular flexibility index (Phi) is 5.15. The monoisotopic (exact) mass is 375 g/mol. The van der Waals surface area contributed by atoms with Gasteiger partial charge in [-0.15, -0.1) is 0 Å². The summed E-state index contributed by atoms with van der Waals surface area (Å²) in [4.78, 5) is 12.9. The van der Waals surface area contributed by atoms with Crippen molar-refractivity contribution < 1.29 is 8.42 Å². The Morgan fingerprint density at radius 2 is 1.69 bits per heavy atom. The van der Waals surface area contributed by atoms with Crippen LogP contribution in [-0.2, 0) is 9.84 Å². The van der Waals surface area contributed by atoms with Gasteiger partial charge in [-0.3, -0.25) is 0 Å². The Balaban J connectivity index is 1.88. The predicted octanol–water partition coefficient (Wildman–Crippen LogP) is 1.77. The average molecular weight is 375 g/mol. The zero-order valence-corrected chi connectivity index (χ0v) is 16.2. The first-order valence-corrected chi connectivity index (χ1v) is 10.2. The fourth-order valence-electron chi connectivity index (χ4n) is 2.90. The fourth-order valence-corrected chi connectivity index (χ4v) is 4.16. The molecule has 0 bridgehead atoms.